The monoisotopic (exact) mass is 437 g/mol. The molecular weight excluding hydrogens is 410 g/mol. The number of nitro groups is 1. The van der Waals surface area contributed by atoms with Crippen molar-refractivity contribution in [2.45, 2.75) is 31.7 Å². The zero-order valence-corrected chi connectivity index (χ0v) is 18.5. The predicted octanol–water partition coefficient (Wildman–Crippen LogP) is 3.82. The second-order valence-corrected chi connectivity index (χ2v) is 8.44. The molecule has 1 atom stereocenters. The Kier molecular flexibility index (Phi) is 7.63. The molecule has 10 heteroatoms. The van der Waals surface area contributed by atoms with Gasteiger partial charge in [-0.3, -0.25) is 10.1 Å². The summed E-state index contributed by atoms with van der Waals surface area (Å²) >= 11 is 0. The second kappa shape index (κ2) is 9.77. The van der Waals surface area contributed by atoms with Gasteiger partial charge in [-0.15, -0.1) is 0 Å². The van der Waals surface area contributed by atoms with E-state index in [4.69, 9.17) is 9.47 Å². The van der Waals surface area contributed by atoms with Gasteiger partial charge in [-0.05, 0) is 37.3 Å². The lowest BCUT2D eigenvalue weighted by Crippen LogP contribution is -2.30. The number of nitrogens with one attached hydrogen (secondary N) is 1. The second-order valence-electron chi connectivity index (χ2n) is 6.50. The Balaban J connectivity index is 2.45. The van der Waals surface area contributed by atoms with Crippen molar-refractivity contribution >= 4 is 21.4 Å². The first kappa shape index (κ1) is 23.4. The van der Waals surface area contributed by atoms with Crippen LogP contribution in [0.3, 0.4) is 0 Å². The van der Waals surface area contributed by atoms with Gasteiger partial charge in [-0.2, -0.15) is 4.31 Å². The third-order valence-electron chi connectivity index (χ3n) is 4.78. The summed E-state index contributed by atoms with van der Waals surface area (Å²) < 4.78 is 37.3. The number of hydrogen-bond donors (Lipinski definition) is 1. The fourth-order valence-electron chi connectivity index (χ4n) is 3.15. The highest BCUT2D eigenvalue weighted by Gasteiger charge is 2.26. The van der Waals surface area contributed by atoms with Gasteiger partial charge in [0.05, 0.1) is 30.1 Å². The smallest absolute Gasteiger partial charge is 0.293 e. The summed E-state index contributed by atoms with van der Waals surface area (Å²) in [6.45, 7) is 5.81. The zero-order valence-electron chi connectivity index (χ0n) is 17.7. The topological polar surface area (TPSA) is 111 Å². The van der Waals surface area contributed by atoms with E-state index in [1.54, 1.807) is 39.2 Å². The van der Waals surface area contributed by atoms with Gasteiger partial charge < -0.3 is 14.8 Å². The van der Waals surface area contributed by atoms with E-state index < -0.39 is 14.9 Å². The molecule has 1 N–H and O–H groups in total. The largest absolute Gasteiger partial charge is 0.497 e. The fourth-order valence-corrected chi connectivity index (χ4v) is 4.62. The van der Waals surface area contributed by atoms with E-state index in [9.17, 15) is 18.5 Å². The van der Waals surface area contributed by atoms with Crippen LogP contribution in [0.4, 0.5) is 11.4 Å². The van der Waals surface area contributed by atoms with Gasteiger partial charge in [0.2, 0.25) is 10.0 Å². The van der Waals surface area contributed by atoms with E-state index in [-0.39, 0.29) is 35.4 Å². The van der Waals surface area contributed by atoms with Gasteiger partial charge in [0, 0.05) is 24.7 Å². The van der Waals surface area contributed by atoms with Crippen LogP contribution in [0.5, 0.6) is 11.5 Å². The minimum absolute atomic E-state index is 0.116. The van der Waals surface area contributed by atoms with Crippen molar-refractivity contribution in [2.75, 3.05) is 32.6 Å². The summed E-state index contributed by atoms with van der Waals surface area (Å²) in [7, 11) is -0.729. The maximum atomic E-state index is 12.7. The van der Waals surface area contributed by atoms with Gasteiger partial charge in [-0.1, -0.05) is 13.8 Å². The number of hydrogen-bond acceptors (Lipinski definition) is 7. The minimum atomic E-state index is -3.81. The Morgan fingerprint density at radius 2 is 1.77 bits per heavy atom. The standard InChI is InChI=1S/C20H27N3O6S/c1-6-22(7-2)30(26,27)16-9-10-18(19(13-16)23(24)25)21-14(3)17-12-15(28-4)8-11-20(17)29-5/h8-14,21H,6-7H2,1-5H3. The molecular formula is C20H27N3O6S. The van der Waals surface area contributed by atoms with Crippen molar-refractivity contribution < 1.29 is 22.8 Å². The van der Waals surface area contributed by atoms with Gasteiger partial charge in [0.1, 0.15) is 17.2 Å². The molecule has 0 spiro atoms. The van der Waals surface area contributed by atoms with Crippen LogP contribution in [0.15, 0.2) is 41.3 Å². The predicted molar refractivity (Wildman–Crippen MR) is 115 cm³/mol. The Morgan fingerprint density at radius 3 is 2.30 bits per heavy atom. The molecule has 2 aromatic carbocycles. The third kappa shape index (κ3) is 4.82. The molecule has 0 aliphatic carbocycles. The summed E-state index contributed by atoms with van der Waals surface area (Å²) in [6, 6.07) is 8.78. The van der Waals surface area contributed by atoms with E-state index in [1.807, 2.05) is 6.92 Å². The molecule has 0 saturated heterocycles. The first-order valence-corrected chi connectivity index (χ1v) is 10.9. The number of sulfonamides is 1. The van der Waals surface area contributed by atoms with Crippen LogP contribution in [-0.4, -0.2) is 45.0 Å². The average molecular weight is 438 g/mol. The number of rotatable bonds is 10. The van der Waals surface area contributed by atoms with Gasteiger partial charge in [-0.25, -0.2) is 8.42 Å². The average Bonchev–Trinajstić information content (AvgIpc) is 2.73. The highest BCUT2D eigenvalue weighted by molar-refractivity contribution is 7.89. The molecule has 9 nitrogen and oxygen atoms in total. The molecule has 0 radical (unpaired) electrons. The Hall–Kier alpha value is -2.85. The van der Waals surface area contributed by atoms with Crippen LogP contribution in [0.25, 0.3) is 0 Å². The molecule has 0 aromatic heterocycles. The zero-order chi connectivity index (χ0) is 22.5. The van der Waals surface area contributed by atoms with Crippen molar-refractivity contribution in [1.82, 2.24) is 4.31 Å². The number of methoxy groups -OCH3 is 2. The number of nitrogens with zero attached hydrogens (tertiary/aromatic N) is 2. The lowest BCUT2D eigenvalue weighted by molar-refractivity contribution is -0.384. The van der Waals surface area contributed by atoms with E-state index in [2.05, 4.69) is 5.32 Å². The highest BCUT2D eigenvalue weighted by atomic mass is 32.2. The SMILES string of the molecule is CCN(CC)S(=O)(=O)c1ccc(NC(C)c2cc(OC)ccc2OC)c([N+](=O)[O-])c1. The molecule has 0 heterocycles. The summed E-state index contributed by atoms with van der Waals surface area (Å²) in [6.07, 6.45) is 0. The van der Waals surface area contributed by atoms with Crippen LogP contribution in [0.1, 0.15) is 32.4 Å². The fraction of sp³-hybridized carbons (Fsp3) is 0.400. The van der Waals surface area contributed by atoms with Crippen LogP contribution < -0.4 is 14.8 Å². The first-order chi connectivity index (χ1) is 14.2. The number of nitro benzene ring substituents is 1. The summed E-state index contributed by atoms with van der Waals surface area (Å²) in [5.41, 5.74) is 0.624. The lowest BCUT2D eigenvalue weighted by Gasteiger charge is -2.21. The van der Waals surface area contributed by atoms with E-state index >= 15 is 0 Å². The highest BCUT2D eigenvalue weighted by Crippen LogP contribution is 2.35. The number of ether oxygens (including phenoxy) is 2. The van der Waals surface area contributed by atoms with Crippen molar-refractivity contribution in [1.29, 1.82) is 0 Å². The normalized spacial score (nSPS) is 12.5. The van der Waals surface area contributed by atoms with Gasteiger partial charge >= 0.3 is 0 Å². The molecule has 0 fully saturated rings. The van der Waals surface area contributed by atoms with Crippen LogP contribution >= 0.6 is 0 Å². The van der Waals surface area contributed by atoms with Crippen LogP contribution in [0, 0.1) is 10.1 Å². The molecule has 0 bridgehead atoms. The van der Waals surface area contributed by atoms with Gasteiger partial charge in [0.15, 0.2) is 0 Å². The molecule has 164 valence electrons. The molecule has 30 heavy (non-hydrogen) atoms. The number of benzene rings is 2. The van der Waals surface area contributed by atoms with Gasteiger partial charge in [0.25, 0.3) is 5.69 Å². The van der Waals surface area contributed by atoms with E-state index in [1.165, 1.54) is 23.5 Å². The van der Waals surface area contributed by atoms with E-state index in [0.29, 0.717) is 11.5 Å². The first-order valence-electron chi connectivity index (χ1n) is 9.46. The summed E-state index contributed by atoms with van der Waals surface area (Å²) in [5.74, 6) is 1.22. The van der Waals surface area contributed by atoms with Crippen molar-refractivity contribution in [3.63, 3.8) is 0 Å². The molecule has 1 unspecified atom stereocenters. The van der Waals surface area contributed by atoms with Crippen LogP contribution in [0.2, 0.25) is 0 Å². The minimum Gasteiger partial charge on any atom is -0.497 e. The maximum absolute atomic E-state index is 12.7. The molecule has 2 aromatic rings. The summed E-state index contributed by atoms with van der Waals surface area (Å²) in [4.78, 5) is 11.0. The maximum Gasteiger partial charge on any atom is 0.293 e. The molecule has 2 rings (SSSR count). The molecule has 0 amide bonds. The van der Waals surface area contributed by atoms with E-state index in [0.717, 1.165) is 11.6 Å². The van der Waals surface area contributed by atoms with Crippen molar-refractivity contribution in [2.24, 2.45) is 0 Å². The van der Waals surface area contributed by atoms with Crippen molar-refractivity contribution in [3.8, 4) is 11.5 Å². The summed E-state index contributed by atoms with van der Waals surface area (Å²) in [5, 5.41) is 14.7. The molecule has 0 aliphatic rings. The Bertz CT molecular complexity index is 1010. The number of anilines is 1. The molecule has 0 saturated carbocycles. The molecule has 0 aliphatic heterocycles. The Morgan fingerprint density at radius 1 is 1.10 bits per heavy atom. The van der Waals surface area contributed by atoms with Crippen molar-refractivity contribution in [3.05, 3.63) is 52.1 Å². The quantitative estimate of drug-likeness (QED) is 0.444. The van der Waals surface area contributed by atoms with Crippen LogP contribution in [-0.2, 0) is 10.0 Å². The third-order valence-corrected chi connectivity index (χ3v) is 6.83. The lowest BCUT2D eigenvalue weighted by atomic mass is 10.1. The Labute approximate surface area is 176 Å².